The second-order valence-corrected chi connectivity index (χ2v) is 4.48. The number of aromatic nitrogens is 7. The number of hydrogen-bond acceptors (Lipinski definition) is 9. The maximum atomic E-state index is 11.3. The molecule has 0 unspecified atom stereocenters. The van der Waals surface area contributed by atoms with Crippen LogP contribution in [0.15, 0.2) is 30.7 Å². The highest BCUT2D eigenvalue weighted by Gasteiger charge is 2.09. The van der Waals surface area contributed by atoms with Crippen LogP contribution in [0.1, 0.15) is 16.2 Å². The third-order valence-corrected chi connectivity index (χ3v) is 2.88. The number of carbonyl (C=O) groups is 1. The van der Waals surface area contributed by atoms with Crippen LogP contribution in [-0.4, -0.2) is 41.1 Å². The molecule has 0 radical (unpaired) electrons. The van der Waals surface area contributed by atoms with Crippen molar-refractivity contribution < 1.29 is 4.79 Å². The number of amides is 1. The third-order valence-electron chi connectivity index (χ3n) is 2.88. The lowest BCUT2D eigenvalue weighted by atomic mass is 10.3. The van der Waals surface area contributed by atoms with E-state index in [4.69, 9.17) is 11.6 Å². The van der Waals surface area contributed by atoms with Gasteiger partial charge in [0, 0.05) is 24.2 Å². The first kappa shape index (κ1) is 14.5. The molecule has 0 aliphatic heterocycles. The fraction of sp³-hybridized carbons (Fsp3) is 0.0833. The number of nitrogen functional groups attached to an aromatic ring is 2. The van der Waals surface area contributed by atoms with Crippen molar-refractivity contribution in [2.45, 2.75) is 6.54 Å². The van der Waals surface area contributed by atoms with Crippen LogP contribution >= 0.6 is 0 Å². The summed E-state index contributed by atoms with van der Waals surface area (Å²) in [6.07, 6.45) is 4.30. The Morgan fingerprint density at radius 1 is 1.17 bits per heavy atom. The first-order valence-electron chi connectivity index (χ1n) is 6.47. The van der Waals surface area contributed by atoms with Gasteiger partial charge in [-0.05, 0) is 17.3 Å². The molecular weight excluding hydrogens is 300 g/mol. The van der Waals surface area contributed by atoms with Gasteiger partial charge in [-0.2, -0.15) is 4.80 Å². The lowest BCUT2D eigenvalue weighted by molar-refractivity contribution is 0.0953. The number of anilines is 1. The Kier molecular flexibility index (Phi) is 3.84. The number of nitrogens with two attached hydrogens (primary N) is 2. The van der Waals surface area contributed by atoms with Crippen molar-refractivity contribution in [2.24, 2.45) is 5.84 Å². The van der Waals surface area contributed by atoms with E-state index in [1.54, 1.807) is 18.3 Å². The van der Waals surface area contributed by atoms with Gasteiger partial charge in [-0.25, -0.2) is 20.8 Å². The van der Waals surface area contributed by atoms with Gasteiger partial charge < -0.3 is 5.73 Å². The van der Waals surface area contributed by atoms with Crippen LogP contribution < -0.4 is 17.0 Å². The number of hydrazine groups is 1. The summed E-state index contributed by atoms with van der Waals surface area (Å²) >= 11 is 0. The van der Waals surface area contributed by atoms with Gasteiger partial charge in [0.05, 0.1) is 5.56 Å². The Balaban J connectivity index is 1.74. The highest BCUT2D eigenvalue weighted by Crippen LogP contribution is 2.12. The number of nitrogens with zero attached hydrogens (tertiary/aromatic N) is 7. The SMILES string of the molecule is NNC(=O)c1cnc(Cn2nnc(-c3ccc(N)nc3)n2)nc1. The van der Waals surface area contributed by atoms with Gasteiger partial charge in [0.15, 0.2) is 5.82 Å². The monoisotopic (exact) mass is 312 g/mol. The van der Waals surface area contributed by atoms with Crippen LogP contribution in [-0.2, 0) is 6.54 Å². The Morgan fingerprint density at radius 3 is 2.61 bits per heavy atom. The van der Waals surface area contributed by atoms with Crippen molar-refractivity contribution in [3.63, 3.8) is 0 Å². The molecule has 23 heavy (non-hydrogen) atoms. The van der Waals surface area contributed by atoms with Gasteiger partial charge in [-0.15, -0.1) is 10.2 Å². The number of nitrogens with one attached hydrogen (secondary N) is 1. The zero-order valence-corrected chi connectivity index (χ0v) is 11.8. The molecule has 0 aliphatic rings. The van der Waals surface area contributed by atoms with E-state index >= 15 is 0 Å². The van der Waals surface area contributed by atoms with Gasteiger partial charge in [0.1, 0.15) is 12.4 Å². The normalized spacial score (nSPS) is 10.5. The van der Waals surface area contributed by atoms with E-state index in [2.05, 4.69) is 30.4 Å². The second-order valence-electron chi connectivity index (χ2n) is 4.48. The van der Waals surface area contributed by atoms with Crippen LogP contribution in [0.2, 0.25) is 0 Å². The van der Waals surface area contributed by atoms with Crippen molar-refractivity contribution in [3.05, 3.63) is 42.1 Å². The molecule has 1 amide bonds. The fourth-order valence-electron chi connectivity index (χ4n) is 1.73. The second kappa shape index (κ2) is 6.11. The molecule has 5 N–H and O–H groups in total. The van der Waals surface area contributed by atoms with Crippen molar-refractivity contribution in [3.8, 4) is 11.4 Å². The molecular formula is C12H12N10O. The minimum Gasteiger partial charge on any atom is -0.384 e. The first-order valence-corrected chi connectivity index (χ1v) is 6.47. The maximum Gasteiger partial charge on any atom is 0.268 e. The van der Waals surface area contributed by atoms with Crippen LogP contribution in [0.4, 0.5) is 5.82 Å². The number of carbonyl (C=O) groups excluding carboxylic acids is 1. The summed E-state index contributed by atoms with van der Waals surface area (Å²) in [6.45, 7) is 0.208. The lowest BCUT2D eigenvalue weighted by Crippen LogP contribution is -2.30. The molecule has 11 heteroatoms. The summed E-state index contributed by atoms with van der Waals surface area (Å²) in [7, 11) is 0. The fourth-order valence-corrected chi connectivity index (χ4v) is 1.73. The highest BCUT2D eigenvalue weighted by atomic mass is 16.2. The van der Waals surface area contributed by atoms with Gasteiger partial charge in [0.25, 0.3) is 5.91 Å². The molecule has 3 aromatic heterocycles. The minimum atomic E-state index is -0.464. The van der Waals surface area contributed by atoms with Crippen LogP contribution in [0, 0.1) is 0 Å². The Labute approximate surface area is 129 Å². The summed E-state index contributed by atoms with van der Waals surface area (Å²) in [5.41, 5.74) is 8.49. The van der Waals surface area contributed by atoms with Crippen LogP contribution in [0.25, 0.3) is 11.4 Å². The van der Waals surface area contributed by atoms with E-state index in [1.807, 2.05) is 5.43 Å². The number of tetrazole rings is 1. The molecule has 116 valence electrons. The largest absolute Gasteiger partial charge is 0.384 e. The molecule has 3 aromatic rings. The van der Waals surface area contributed by atoms with Gasteiger partial charge in [0.2, 0.25) is 5.82 Å². The standard InChI is InChI=1S/C12H12N10O/c13-9-2-1-7(3-15-9)11-19-21-22(20-11)6-10-16-4-8(5-17-10)12(23)18-14/h1-5H,6,14H2,(H2,13,15)(H,18,23). The van der Waals surface area contributed by atoms with Crippen molar-refractivity contribution in [1.29, 1.82) is 0 Å². The molecule has 0 atom stereocenters. The van der Waals surface area contributed by atoms with Crippen LogP contribution in [0.3, 0.4) is 0 Å². The summed E-state index contributed by atoms with van der Waals surface area (Å²) < 4.78 is 0. The van der Waals surface area contributed by atoms with Crippen molar-refractivity contribution >= 4 is 11.7 Å². The zero-order chi connectivity index (χ0) is 16.2. The molecule has 0 aromatic carbocycles. The summed E-state index contributed by atoms with van der Waals surface area (Å²) in [5, 5.41) is 12.1. The van der Waals surface area contributed by atoms with E-state index in [0.29, 0.717) is 23.0 Å². The van der Waals surface area contributed by atoms with E-state index in [9.17, 15) is 4.79 Å². The lowest BCUT2D eigenvalue weighted by Gasteiger charge is -2.00. The molecule has 0 fully saturated rings. The van der Waals surface area contributed by atoms with E-state index < -0.39 is 5.91 Å². The van der Waals surface area contributed by atoms with Gasteiger partial charge in [-0.3, -0.25) is 10.2 Å². The molecule has 11 nitrogen and oxygen atoms in total. The van der Waals surface area contributed by atoms with Crippen LogP contribution in [0.5, 0.6) is 0 Å². The molecule has 0 saturated carbocycles. The average molecular weight is 312 g/mol. The van der Waals surface area contributed by atoms with Crippen molar-refractivity contribution in [2.75, 3.05) is 5.73 Å². The predicted octanol–water partition coefficient (Wildman–Crippen LogP) is -1.24. The summed E-state index contributed by atoms with van der Waals surface area (Å²) in [4.78, 5) is 24.7. The molecule has 3 heterocycles. The Morgan fingerprint density at radius 2 is 1.96 bits per heavy atom. The van der Waals surface area contributed by atoms with Crippen molar-refractivity contribution in [1.82, 2.24) is 40.6 Å². The number of pyridine rings is 1. The third kappa shape index (κ3) is 3.24. The van der Waals surface area contributed by atoms with E-state index in [0.717, 1.165) is 0 Å². The first-order chi connectivity index (χ1) is 11.2. The zero-order valence-electron chi connectivity index (χ0n) is 11.8. The summed E-state index contributed by atoms with van der Waals surface area (Å²) in [5.74, 6) is 5.82. The maximum absolute atomic E-state index is 11.3. The van der Waals surface area contributed by atoms with Gasteiger partial charge >= 0.3 is 0 Å². The molecule has 3 rings (SSSR count). The number of hydrogen-bond donors (Lipinski definition) is 3. The Hall–Kier alpha value is -3.47. The smallest absolute Gasteiger partial charge is 0.268 e. The Bertz CT molecular complexity index is 811. The van der Waals surface area contributed by atoms with E-state index in [1.165, 1.54) is 17.2 Å². The molecule has 0 spiro atoms. The van der Waals surface area contributed by atoms with E-state index in [-0.39, 0.29) is 12.1 Å². The molecule has 0 saturated heterocycles. The molecule has 0 aliphatic carbocycles. The average Bonchev–Trinajstić information content (AvgIpc) is 3.04. The highest BCUT2D eigenvalue weighted by molar-refractivity contribution is 5.93. The van der Waals surface area contributed by atoms with Gasteiger partial charge in [-0.1, -0.05) is 0 Å². The quantitative estimate of drug-likeness (QED) is 0.303. The summed E-state index contributed by atoms with van der Waals surface area (Å²) in [6, 6.07) is 3.40. The molecule has 0 bridgehead atoms. The minimum absolute atomic E-state index is 0.208. The number of rotatable bonds is 4. The topological polar surface area (TPSA) is 163 Å². The predicted molar refractivity (Wildman–Crippen MR) is 78.2 cm³/mol.